The molecule has 2 aromatic carbocycles. The number of aromatic nitrogens is 3. The fourth-order valence-corrected chi connectivity index (χ4v) is 6.58. The van der Waals surface area contributed by atoms with Gasteiger partial charge in [0, 0.05) is 66.4 Å². The lowest BCUT2D eigenvalue weighted by atomic mass is 10.0. The first-order chi connectivity index (χ1) is 19.5. The number of halogens is 5. The molecule has 0 N–H and O–H groups in total. The van der Waals surface area contributed by atoms with Gasteiger partial charge in [-0.3, -0.25) is 9.29 Å². The predicted octanol–water partition coefficient (Wildman–Crippen LogP) is 6.59. The van der Waals surface area contributed by atoms with Gasteiger partial charge in [0.2, 0.25) is 0 Å². The highest BCUT2D eigenvalue weighted by molar-refractivity contribution is 7.92. The number of fused-ring (bicyclic) bond motifs is 7. The topological polar surface area (TPSA) is 68.1 Å². The van der Waals surface area contributed by atoms with E-state index in [4.69, 9.17) is 0 Å². The van der Waals surface area contributed by atoms with E-state index in [0.717, 1.165) is 39.7 Å². The van der Waals surface area contributed by atoms with Crippen LogP contribution in [0.4, 0.5) is 27.6 Å². The van der Waals surface area contributed by atoms with Crippen molar-refractivity contribution in [3.8, 4) is 11.1 Å². The summed E-state index contributed by atoms with van der Waals surface area (Å²) in [6.07, 6.45) is 2.15. The molecule has 0 fully saturated rings. The summed E-state index contributed by atoms with van der Waals surface area (Å²) in [4.78, 5) is 8.29. The van der Waals surface area contributed by atoms with E-state index >= 15 is 8.78 Å². The largest absolute Gasteiger partial charge is 0.416 e. The first-order valence-electron chi connectivity index (χ1n) is 12.6. The van der Waals surface area contributed by atoms with Gasteiger partial charge < -0.3 is 4.57 Å². The molecule has 0 unspecified atom stereocenters. The number of rotatable bonds is 3. The van der Waals surface area contributed by atoms with Crippen LogP contribution in [0.1, 0.15) is 23.1 Å². The molecule has 6 rings (SSSR count). The van der Waals surface area contributed by atoms with Crippen molar-refractivity contribution in [1.82, 2.24) is 14.5 Å². The molecule has 5 aromatic rings. The molecule has 0 saturated carbocycles. The fourth-order valence-electron chi connectivity index (χ4n) is 5.07. The summed E-state index contributed by atoms with van der Waals surface area (Å²) in [6.45, 7) is 0.0863. The van der Waals surface area contributed by atoms with E-state index < -0.39 is 38.3 Å². The lowest BCUT2D eigenvalue weighted by Gasteiger charge is -2.26. The molecular weight excluding hydrogens is 563 g/mol. The number of anilines is 1. The summed E-state index contributed by atoms with van der Waals surface area (Å²) in [5.41, 5.74) is 1.05. The van der Waals surface area contributed by atoms with Crippen molar-refractivity contribution in [3.63, 3.8) is 0 Å². The minimum absolute atomic E-state index is 0.179. The number of hydrogen-bond donors (Lipinski definition) is 0. The molecule has 4 heterocycles. The minimum atomic E-state index is -4.65. The van der Waals surface area contributed by atoms with Gasteiger partial charge in [0.05, 0.1) is 16.1 Å². The van der Waals surface area contributed by atoms with Crippen molar-refractivity contribution in [2.45, 2.75) is 30.5 Å². The Hall–Kier alpha value is -4.32. The highest BCUT2D eigenvalue weighted by Gasteiger charge is 2.33. The first kappa shape index (κ1) is 26.9. The molecule has 0 saturated heterocycles. The number of hydrogen-bond acceptors (Lipinski definition) is 4. The summed E-state index contributed by atoms with van der Waals surface area (Å²) < 4.78 is 100. The molecule has 0 atom stereocenters. The van der Waals surface area contributed by atoms with Crippen molar-refractivity contribution >= 4 is 26.7 Å². The Bertz CT molecular complexity index is 1870. The van der Waals surface area contributed by atoms with E-state index in [9.17, 15) is 21.6 Å². The zero-order chi connectivity index (χ0) is 28.9. The molecule has 3 aromatic heterocycles. The minimum Gasteiger partial charge on any atom is -0.332 e. The van der Waals surface area contributed by atoms with Gasteiger partial charge >= 0.3 is 6.18 Å². The van der Waals surface area contributed by atoms with Crippen LogP contribution in [0.15, 0.2) is 84.3 Å². The highest BCUT2D eigenvalue weighted by Crippen LogP contribution is 2.35. The molecule has 0 radical (unpaired) electrons. The third-order valence-electron chi connectivity index (χ3n) is 7.12. The van der Waals surface area contributed by atoms with Crippen LogP contribution in [0.5, 0.6) is 0 Å². The maximum Gasteiger partial charge on any atom is 0.416 e. The third-order valence-corrected chi connectivity index (χ3v) is 8.95. The molecule has 12 heteroatoms. The van der Waals surface area contributed by atoms with E-state index in [1.807, 2.05) is 16.7 Å². The molecule has 0 amide bonds. The Labute approximate surface area is 231 Å². The lowest BCUT2D eigenvalue weighted by Crippen LogP contribution is -2.33. The quantitative estimate of drug-likeness (QED) is 0.225. The smallest absolute Gasteiger partial charge is 0.332 e. The van der Waals surface area contributed by atoms with Crippen LogP contribution in [-0.4, -0.2) is 29.5 Å². The molecule has 0 spiro atoms. The van der Waals surface area contributed by atoms with Crippen molar-refractivity contribution in [2.75, 3.05) is 10.8 Å². The van der Waals surface area contributed by atoms with Gasteiger partial charge in [0.15, 0.2) is 5.82 Å². The third kappa shape index (κ3) is 4.82. The molecule has 0 aliphatic carbocycles. The van der Waals surface area contributed by atoms with Gasteiger partial charge in [-0.05, 0) is 60.5 Å². The number of benzene rings is 2. The van der Waals surface area contributed by atoms with Gasteiger partial charge in [-0.2, -0.15) is 13.2 Å². The van der Waals surface area contributed by atoms with E-state index in [1.54, 1.807) is 30.9 Å². The Kier molecular flexibility index (Phi) is 6.52. The number of aryl methyl sites for hydroxylation is 1. The Morgan fingerprint density at radius 3 is 2.39 bits per heavy atom. The number of sulfonamides is 1. The maximum absolute atomic E-state index is 16.0. The second-order valence-electron chi connectivity index (χ2n) is 9.67. The number of nitrogens with zero attached hydrogens (tertiary/aromatic N) is 4. The summed E-state index contributed by atoms with van der Waals surface area (Å²) in [5, 5.41) is 0.699. The maximum atomic E-state index is 16.0. The Balaban J connectivity index is 1.45. The van der Waals surface area contributed by atoms with Gasteiger partial charge in [0.25, 0.3) is 10.0 Å². The average molecular weight is 585 g/mol. The van der Waals surface area contributed by atoms with E-state index in [2.05, 4.69) is 9.97 Å². The van der Waals surface area contributed by atoms with Gasteiger partial charge in [0.1, 0.15) is 11.5 Å². The van der Waals surface area contributed by atoms with E-state index in [0.29, 0.717) is 35.3 Å². The Morgan fingerprint density at radius 1 is 0.902 bits per heavy atom. The van der Waals surface area contributed by atoms with Gasteiger partial charge in [-0.25, -0.2) is 22.2 Å². The van der Waals surface area contributed by atoms with Crippen molar-refractivity contribution in [3.05, 3.63) is 108 Å². The molecule has 6 nitrogen and oxygen atoms in total. The van der Waals surface area contributed by atoms with Crippen LogP contribution in [0.3, 0.4) is 0 Å². The van der Waals surface area contributed by atoms with Gasteiger partial charge in [-0.1, -0.05) is 6.07 Å². The normalized spacial score (nSPS) is 14.2. The average Bonchev–Trinajstić information content (AvgIpc) is 3.29. The lowest BCUT2D eigenvalue weighted by molar-refractivity contribution is -0.137. The monoisotopic (exact) mass is 584 g/mol. The van der Waals surface area contributed by atoms with E-state index in [-0.39, 0.29) is 30.6 Å². The fraction of sp³-hybridized carbons (Fsp3) is 0.172. The molecule has 1 aliphatic heterocycles. The molecule has 4 bridgehead atoms. The number of alkyl halides is 3. The second-order valence-corrected chi connectivity index (χ2v) is 11.5. The zero-order valence-corrected chi connectivity index (χ0v) is 22.1. The Morgan fingerprint density at radius 2 is 1.68 bits per heavy atom. The molecule has 1 aliphatic rings. The standard InChI is InChI=1S/C29H21F5N4O2S/c30-25-8-9-26-27(31)24(25)14-20-17-37(28-23(20)13-19(16-36-28)18-3-1-10-35-15-18)11-2-12-38(26)41(39,40)22-6-4-21(5-7-22)29(32,33)34/h1,3-10,13,15-17H,2,11-12,14H2. The van der Waals surface area contributed by atoms with Gasteiger partial charge in [-0.15, -0.1) is 0 Å². The number of pyridine rings is 2. The molecule has 41 heavy (non-hydrogen) atoms. The highest BCUT2D eigenvalue weighted by atomic mass is 32.2. The zero-order valence-electron chi connectivity index (χ0n) is 21.2. The molecule has 210 valence electrons. The summed E-state index contributed by atoms with van der Waals surface area (Å²) in [5.74, 6) is -1.91. The first-order valence-corrected chi connectivity index (χ1v) is 14.0. The summed E-state index contributed by atoms with van der Waals surface area (Å²) >= 11 is 0. The van der Waals surface area contributed by atoms with Crippen LogP contribution in [0.2, 0.25) is 0 Å². The van der Waals surface area contributed by atoms with Crippen LogP contribution in [0.25, 0.3) is 22.2 Å². The van der Waals surface area contributed by atoms with Crippen LogP contribution < -0.4 is 4.31 Å². The van der Waals surface area contributed by atoms with Crippen LogP contribution >= 0.6 is 0 Å². The predicted molar refractivity (Wildman–Crippen MR) is 143 cm³/mol. The van der Waals surface area contributed by atoms with Crippen LogP contribution in [-0.2, 0) is 29.2 Å². The van der Waals surface area contributed by atoms with Crippen molar-refractivity contribution in [2.24, 2.45) is 0 Å². The SMILES string of the molecule is O=S(=O)(c1ccc(C(F)(F)F)cc1)N1CCCn2cc(c3cc(-c4cccnc4)cnc32)Cc2c(F)ccc1c2F. The molecular formula is C29H21F5N4O2S. The van der Waals surface area contributed by atoms with Crippen molar-refractivity contribution < 1.29 is 30.4 Å². The van der Waals surface area contributed by atoms with E-state index in [1.165, 1.54) is 0 Å². The summed E-state index contributed by atoms with van der Waals surface area (Å²) in [6, 6.07) is 10.6. The summed E-state index contributed by atoms with van der Waals surface area (Å²) in [7, 11) is -4.50. The van der Waals surface area contributed by atoms with Crippen LogP contribution in [0, 0.1) is 11.6 Å². The second kappa shape index (κ2) is 9.95. The van der Waals surface area contributed by atoms with Crippen molar-refractivity contribution in [1.29, 1.82) is 0 Å².